The highest BCUT2D eigenvalue weighted by Crippen LogP contribution is 2.04. The Hall–Kier alpha value is -2.37. The van der Waals surface area contributed by atoms with Crippen molar-refractivity contribution >= 4 is 11.7 Å². The molecule has 0 spiro atoms. The lowest BCUT2D eigenvalue weighted by Crippen LogP contribution is -2.24. The first-order chi connectivity index (χ1) is 8.16. The van der Waals surface area contributed by atoms with Crippen molar-refractivity contribution in [2.45, 2.75) is 13.5 Å². The minimum absolute atomic E-state index is 0.251. The average molecular weight is 231 g/mol. The summed E-state index contributed by atoms with van der Waals surface area (Å²) in [7, 11) is 0. The van der Waals surface area contributed by atoms with E-state index in [4.69, 9.17) is 5.73 Å². The summed E-state index contributed by atoms with van der Waals surface area (Å²) in [4.78, 5) is 15.9. The van der Waals surface area contributed by atoms with Crippen LogP contribution in [0.3, 0.4) is 0 Å². The molecule has 2 rings (SSSR count). The molecule has 0 aromatic carbocycles. The Labute approximate surface area is 98.3 Å². The molecule has 0 atom stereocenters. The zero-order chi connectivity index (χ0) is 12.3. The molecule has 17 heavy (non-hydrogen) atoms. The smallest absolute Gasteiger partial charge is 0.269 e. The molecule has 6 heteroatoms. The van der Waals surface area contributed by atoms with Crippen molar-refractivity contribution in [1.82, 2.24) is 20.5 Å². The number of carbonyl (C=O) groups excluding carboxylic acids is 1. The van der Waals surface area contributed by atoms with Gasteiger partial charge in [0.2, 0.25) is 0 Å². The molecule has 0 bridgehead atoms. The first kappa shape index (κ1) is 11.1. The molecule has 0 aliphatic rings. The van der Waals surface area contributed by atoms with Crippen molar-refractivity contribution in [1.29, 1.82) is 0 Å². The Kier molecular flexibility index (Phi) is 3.04. The van der Waals surface area contributed by atoms with Crippen molar-refractivity contribution in [3.63, 3.8) is 0 Å². The summed E-state index contributed by atoms with van der Waals surface area (Å²) in [6.07, 6.45) is 1.70. The fraction of sp³-hybridized carbons (Fsp3) is 0.182. The van der Waals surface area contributed by atoms with Crippen LogP contribution in [-0.2, 0) is 6.54 Å². The molecule has 88 valence electrons. The Morgan fingerprint density at radius 2 is 2.41 bits per heavy atom. The predicted octanol–water partition coefficient (Wildman–Crippen LogP) is 0.625. The first-order valence-electron chi connectivity index (χ1n) is 5.16. The normalized spacial score (nSPS) is 10.2. The SMILES string of the molecule is Cc1cccnc1CNC(=O)c1cc(N)n[nH]1. The minimum atomic E-state index is -0.251. The van der Waals surface area contributed by atoms with E-state index in [1.165, 1.54) is 6.07 Å². The van der Waals surface area contributed by atoms with E-state index in [0.29, 0.717) is 18.1 Å². The highest BCUT2D eigenvalue weighted by molar-refractivity contribution is 5.92. The molecule has 4 N–H and O–H groups in total. The molecular formula is C11H13N5O. The molecule has 1 amide bonds. The standard InChI is InChI=1S/C11H13N5O/c1-7-3-2-4-13-9(7)6-14-11(17)8-5-10(12)16-15-8/h2-5H,6H2,1H3,(H,14,17)(H3,12,15,16). The summed E-state index contributed by atoms with van der Waals surface area (Å²) in [5, 5.41) is 8.98. The average Bonchev–Trinajstić information content (AvgIpc) is 2.74. The van der Waals surface area contributed by atoms with Gasteiger partial charge in [0.1, 0.15) is 11.5 Å². The molecule has 6 nitrogen and oxygen atoms in total. The molecule has 2 aromatic heterocycles. The summed E-state index contributed by atoms with van der Waals surface area (Å²) in [5.74, 6) is 0.0448. The number of aryl methyl sites for hydroxylation is 1. The molecular weight excluding hydrogens is 218 g/mol. The van der Waals surface area contributed by atoms with Gasteiger partial charge in [0, 0.05) is 12.3 Å². The van der Waals surface area contributed by atoms with E-state index in [1.807, 2.05) is 19.1 Å². The van der Waals surface area contributed by atoms with E-state index < -0.39 is 0 Å². The van der Waals surface area contributed by atoms with E-state index >= 15 is 0 Å². The molecule has 0 radical (unpaired) electrons. The number of nitrogens with two attached hydrogens (primary N) is 1. The number of aromatic amines is 1. The van der Waals surface area contributed by atoms with E-state index in [1.54, 1.807) is 6.20 Å². The van der Waals surface area contributed by atoms with Gasteiger partial charge < -0.3 is 11.1 Å². The molecule has 0 aliphatic carbocycles. The zero-order valence-corrected chi connectivity index (χ0v) is 9.40. The Morgan fingerprint density at radius 1 is 1.59 bits per heavy atom. The highest BCUT2D eigenvalue weighted by Gasteiger charge is 2.08. The largest absolute Gasteiger partial charge is 0.382 e. The maximum atomic E-state index is 11.7. The van der Waals surface area contributed by atoms with Crippen molar-refractivity contribution in [2.75, 3.05) is 5.73 Å². The maximum absolute atomic E-state index is 11.7. The Morgan fingerprint density at radius 3 is 3.06 bits per heavy atom. The van der Waals surface area contributed by atoms with Gasteiger partial charge in [-0.3, -0.25) is 14.9 Å². The van der Waals surface area contributed by atoms with Gasteiger partial charge in [0.15, 0.2) is 0 Å². The van der Waals surface area contributed by atoms with Crippen LogP contribution < -0.4 is 11.1 Å². The van der Waals surface area contributed by atoms with Crippen molar-refractivity contribution < 1.29 is 4.79 Å². The lowest BCUT2D eigenvalue weighted by Gasteiger charge is -2.05. The molecule has 0 unspecified atom stereocenters. The van der Waals surface area contributed by atoms with E-state index in [0.717, 1.165) is 11.3 Å². The number of carbonyl (C=O) groups is 1. The fourth-order valence-corrected chi connectivity index (χ4v) is 1.42. The molecule has 2 heterocycles. The molecule has 2 aromatic rings. The Balaban J connectivity index is 1.99. The number of rotatable bonds is 3. The second-order valence-corrected chi connectivity index (χ2v) is 3.66. The number of aromatic nitrogens is 3. The van der Waals surface area contributed by atoms with Crippen LogP contribution in [-0.4, -0.2) is 21.1 Å². The van der Waals surface area contributed by atoms with Gasteiger partial charge in [-0.15, -0.1) is 0 Å². The van der Waals surface area contributed by atoms with Crippen LogP contribution >= 0.6 is 0 Å². The monoisotopic (exact) mass is 231 g/mol. The summed E-state index contributed by atoms with van der Waals surface area (Å²) in [5.41, 5.74) is 7.64. The summed E-state index contributed by atoms with van der Waals surface area (Å²) < 4.78 is 0. The number of H-pyrrole nitrogens is 1. The van der Waals surface area contributed by atoms with Gasteiger partial charge in [-0.2, -0.15) is 5.10 Å². The van der Waals surface area contributed by atoms with Crippen LogP contribution in [0.25, 0.3) is 0 Å². The summed E-state index contributed by atoms with van der Waals surface area (Å²) in [6, 6.07) is 5.29. The number of hydrogen-bond acceptors (Lipinski definition) is 4. The third-order valence-corrected chi connectivity index (χ3v) is 2.38. The summed E-state index contributed by atoms with van der Waals surface area (Å²) in [6.45, 7) is 2.33. The van der Waals surface area contributed by atoms with Crippen LogP contribution in [0.5, 0.6) is 0 Å². The van der Waals surface area contributed by atoms with Gasteiger partial charge >= 0.3 is 0 Å². The summed E-state index contributed by atoms with van der Waals surface area (Å²) >= 11 is 0. The number of amides is 1. The van der Waals surface area contributed by atoms with E-state index in [2.05, 4.69) is 20.5 Å². The van der Waals surface area contributed by atoms with Gasteiger partial charge in [-0.05, 0) is 18.6 Å². The van der Waals surface area contributed by atoms with Crippen LogP contribution in [0.4, 0.5) is 5.82 Å². The number of nitrogens with zero attached hydrogens (tertiary/aromatic N) is 2. The third-order valence-electron chi connectivity index (χ3n) is 2.38. The number of hydrogen-bond donors (Lipinski definition) is 3. The number of nitrogens with one attached hydrogen (secondary N) is 2. The van der Waals surface area contributed by atoms with E-state index in [-0.39, 0.29) is 5.91 Å². The van der Waals surface area contributed by atoms with Crippen molar-refractivity contribution in [3.05, 3.63) is 41.3 Å². The number of nitrogen functional groups attached to an aromatic ring is 1. The fourth-order valence-electron chi connectivity index (χ4n) is 1.42. The predicted molar refractivity (Wildman–Crippen MR) is 63.1 cm³/mol. The molecule has 0 fully saturated rings. The lowest BCUT2D eigenvalue weighted by atomic mass is 10.2. The van der Waals surface area contributed by atoms with Gasteiger partial charge in [-0.1, -0.05) is 6.07 Å². The minimum Gasteiger partial charge on any atom is -0.382 e. The number of anilines is 1. The van der Waals surface area contributed by atoms with Gasteiger partial charge in [-0.25, -0.2) is 0 Å². The first-order valence-corrected chi connectivity index (χ1v) is 5.16. The highest BCUT2D eigenvalue weighted by atomic mass is 16.1. The van der Waals surface area contributed by atoms with Crippen molar-refractivity contribution in [3.8, 4) is 0 Å². The van der Waals surface area contributed by atoms with Crippen LogP contribution in [0.1, 0.15) is 21.7 Å². The quantitative estimate of drug-likeness (QED) is 0.721. The molecule has 0 saturated carbocycles. The second-order valence-electron chi connectivity index (χ2n) is 3.66. The topological polar surface area (TPSA) is 96.7 Å². The van der Waals surface area contributed by atoms with Gasteiger partial charge in [0.05, 0.1) is 12.2 Å². The molecule has 0 aliphatic heterocycles. The van der Waals surface area contributed by atoms with Crippen LogP contribution in [0.2, 0.25) is 0 Å². The van der Waals surface area contributed by atoms with Crippen LogP contribution in [0.15, 0.2) is 24.4 Å². The maximum Gasteiger partial charge on any atom is 0.269 e. The zero-order valence-electron chi connectivity index (χ0n) is 9.40. The Bertz CT molecular complexity index is 534. The number of pyridine rings is 1. The van der Waals surface area contributed by atoms with Gasteiger partial charge in [0.25, 0.3) is 5.91 Å². The third kappa shape index (κ3) is 2.60. The van der Waals surface area contributed by atoms with Crippen LogP contribution in [0, 0.1) is 6.92 Å². The van der Waals surface area contributed by atoms with Crippen molar-refractivity contribution in [2.24, 2.45) is 0 Å². The second kappa shape index (κ2) is 4.65. The molecule has 0 saturated heterocycles. The lowest BCUT2D eigenvalue weighted by molar-refractivity contribution is 0.0945. The van der Waals surface area contributed by atoms with E-state index in [9.17, 15) is 4.79 Å².